The Kier molecular flexibility index (Phi) is 7.89. The maximum Gasteiger partial charge on any atom is 0.132 e. The summed E-state index contributed by atoms with van der Waals surface area (Å²) in [6.45, 7) is 4.81. The summed E-state index contributed by atoms with van der Waals surface area (Å²) in [5.74, 6) is 1.77. The topological polar surface area (TPSA) is 12.5 Å². The number of allylic oxidation sites excluding steroid dienone is 6. The highest BCUT2D eigenvalue weighted by Gasteiger charge is 2.53. The molecule has 2 heteroatoms. The van der Waals surface area contributed by atoms with Gasteiger partial charge in [-0.15, -0.1) is 0 Å². The second-order valence-corrected chi connectivity index (χ2v) is 17.1. The van der Waals surface area contributed by atoms with Gasteiger partial charge in [0.15, 0.2) is 0 Å². The molecule has 0 N–H and O–H groups in total. The first-order valence-corrected chi connectivity index (χ1v) is 21.4. The van der Waals surface area contributed by atoms with Crippen molar-refractivity contribution in [3.8, 4) is 44.9 Å². The third-order valence-electron chi connectivity index (χ3n) is 13.6. The van der Waals surface area contributed by atoms with Gasteiger partial charge in [-0.2, -0.15) is 0 Å². The highest BCUT2D eigenvalue weighted by Crippen LogP contribution is 2.65. The Hall–Kier alpha value is -7.42. The Morgan fingerprint density at radius 3 is 1.87 bits per heavy atom. The summed E-state index contributed by atoms with van der Waals surface area (Å²) in [5.41, 5.74) is 20.1. The minimum absolute atomic E-state index is 0.153. The molecule has 0 saturated carbocycles. The monoisotopic (exact) mass is 781 g/mol. The molecule has 8 aromatic rings. The fourth-order valence-electron chi connectivity index (χ4n) is 10.9. The van der Waals surface area contributed by atoms with Crippen LogP contribution in [0.4, 0.5) is 17.1 Å². The van der Waals surface area contributed by atoms with Gasteiger partial charge < -0.3 is 9.64 Å². The van der Waals surface area contributed by atoms with Gasteiger partial charge in [-0.25, -0.2) is 0 Å². The molecule has 0 aromatic heterocycles. The molecule has 1 spiro atoms. The van der Waals surface area contributed by atoms with Crippen LogP contribution in [-0.4, -0.2) is 0 Å². The van der Waals surface area contributed by atoms with Crippen LogP contribution >= 0.6 is 0 Å². The summed E-state index contributed by atoms with van der Waals surface area (Å²) >= 11 is 0. The van der Waals surface area contributed by atoms with E-state index in [1.807, 2.05) is 0 Å². The Bertz CT molecular complexity index is 3120. The van der Waals surface area contributed by atoms with E-state index in [0.29, 0.717) is 0 Å². The van der Waals surface area contributed by atoms with Crippen molar-refractivity contribution >= 4 is 22.6 Å². The molecule has 8 aromatic carbocycles. The maximum atomic E-state index is 6.80. The van der Waals surface area contributed by atoms with Crippen LogP contribution < -0.4 is 9.64 Å². The molecule has 290 valence electrons. The summed E-state index contributed by atoms with van der Waals surface area (Å²) in [4.78, 5) is 2.57. The van der Waals surface area contributed by atoms with Gasteiger partial charge in [-0.05, 0) is 105 Å². The van der Waals surface area contributed by atoms with Crippen LogP contribution in [0.2, 0.25) is 0 Å². The zero-order valence-corrected chi connectivity index (χ0v) is 34.3. The van der Waals surface area contributed by atoms with Crippen LogP contribution in [0.3, 0.4) is 0 Å². The molecule has 4 aliphatic rings. The van der Waals surface area contributed by atoms with Crippen LogP contribution in [0.1, 0.15) is 53.6 Å². The number of para-hydroxylation sites is 2. The summed E-state index contributed by atoms with van der Waals surface area (Å²) in [6, 6.07) is 69.2. The number of benzene rings is 8. The molecule has 0 unspecified atom stereocenters. The molecule has 1 heterocycles. The highest BCUT2D eigenvalue weighted by atomic mass is 16.5. The van der Waals surface area contributed by atoms with E-state index in [2.05, 4.69) is 231 Å². The number of hydrogen-bond acceptors (Lipinski definition) is 2. The molecule has 0 saturated heterocycles. The van der Waals surface area contributed by atoms with Gasteiger partial charge in [0, 0.05) is 33.4 Å². The van der Waals surface area contributed by atoms with E-state index in [4.69, 9.17) is 4.74 Å². The third kappa shape index (κ3) is 5.15. The van der Waals surface area contributed by atoms with Crippen LogP contribution in [-0.2, 0) is 10.8 Å². The molecule has 2 nitrogen and oxygen atoms in total. The van der Waals surface area contributed by atoms with Gasteiger partial charge in [-0.1, -0.05) is 184 Å². The van der Waals surface area contributed by atoms with Crippen molar-refractivity contribution in [3.63, 3.8) is 0 Å². The van der Waals surface area contributed by atoms with Gasteiger partial charge in [0.05, 0.1) is 16.8 Å². The number of hydrogen-bond donors (Lipinski definition) is 0. The predicted octanol–water partition coefficient (Wildman–Crippen LogP) is 15.5. The maximum absolute atomic E-state index is 6.80. The van der Waals surface area contributed by atoms with E-state index in [9.17, 15) is 0 Å². The average Bonchev–Trinajstić information content (AvgIpc) is 3.54. The molecular weight excluding hydrogens is 739 g/mol. The van der Waals surface area contributed by atoms with Gasteiger partial charge in [0.2, 0.25) is 0 Å². The lowest BCUT2D eigenvalue weighted by atomic mass is 9.65. The first-order valence-electron chi connectivity index (χ1n) is 21.4. The Morgan fingerprint density at radius 2 is 1.11 bits per heavy atom. The van der Waals surface area contributed by atoms with E-state index in [1.54, 1.807) is 0 Å². The number of anilines is 3. The van der Waals surface area contributed by atoms with E-state index in [1.165, 1.54) is 66.8 Å². The second-order valence-electron chi connectivity index (χ2n) is 17.1. The predicted molar refractivity (Wildman–Crippen MR) is 252 cm³/mol. The van der Waals surface area contributed by atoms with Crippen LogP contribution in [0.5, 0.6) is 11.5 Å². The lowest BCUT2D eigenvalue weighted by Crippen LogP contribution is -2.33. The summed E-state index contributed by atoms with van der Waals surface area (Å²) < 4.78 is 6.80. The van der Waals surface area contributed by atoms with Gasteiger partial charge in [0.25, 0.3) is 0 Å². The van der Waals surface area contributed by atoms with Crippen LogP contribution in [0, 0.1) is 0 Å². The van der Waals surface area contributed by atoms with Crippen LogP contribution in [0.25, 0.3) is 39.0 Å². The number of fused-ring (bicyclic) bond motifs is 11. The quantitative estimate of drug-likeness (QED) is 0.172. The van der Waals surface area contributed by atoms with Crippen molar-refractivity contribution in [2.45, 2.75) is 31.1 Å². The van der Waals surface area contributed by atoms with Crippen molar-refractivity contribution in [1.29, 1.82) is 0 Å². The van der Waals surface area contributed by atoms with Crippen molar-refractivity contribution in [2.75, 3.05) is 4.90 Å². The second kappa shape index (κ2) is 13.6. The largest absolute Gasteiger partial charge is 0.457 e. The van der Waals surface area contributed by atoms with Gasteiger partial charge >= 0.3 is 0 Å². The first kappa shape index (κ1) is 35.5. The molecule has 0 fully saturated rings. The molecular formula is C59H43NO. The summed E-state index contributed by atoms with van der Waals surface area (Å²) in [7, 11) is 0. The zero-order valence-electron chi connectivity index (χ0n) is 34.3. The summed E-state index contributed by atoms with van der Waals surface area (Å²) in [6.07, 6.45) is 9.93. The standard InChI is InChI=1S/C59H43NO/c1-58(2)48-26-11-5-10-23-43(48)45-35-34-42(38-52(45)58)60(53-36-33-41(39-19-6-3-7-20-39)37-47(53)40-21-8-4-9-22-40)54-30-18-25-46-44-24-12-13-27-49(44)59(57(46)54)50-28-14-16-31-55(50)61-56-32-17-15-29-51(56)59/h3-25,27-38H,26H2,1-2H3. The van der Waals surface area contributed by atoms with E-state index in [0.717, 1.165) is 46.1 Å². The average molecular weight is 782 g/mol. The van der Waals surface area contributed by atoms with Crippen LogP contribution in [0.15, 0.2) is 218 Å². The molecule has 0 amide bonds. The Morgan fingerprint density at radius 1 is 0.459 bits per heavy atom. The third-order valence-corrected chi connectivity index (χ3v) is 13.6. The normalized spacial score (nSPS) is 15.5. The molecule has 0 bridgehead atoms. The van der Waals surface area contributed by atoms with Gasteiger partial charge in [-0.3, -0.25) is 0 Å². The van der Waals surface area contributed by atoms with E-state index < -0.39 is 5.41 Å². The van der Waals surface area contributed by atoms with Crippen molar-refractivity contribution < 1.29 is 4.74 Å². The Balaban J connectivity index is 1.20. The Labute approximate surface area is 358 Å². The van der Waals surface area contributed by atoms with Crippen molar-refractivity contribution in [3.05, 3.63) is 251 Å². The van der Waals surface area contributed by atoms with Gasteiger partial charge in [0.1, 0.15) is 11.5 Å². The fraction of sp³-hybridized carbons (Fsp3) is 0.0847. The number of ether oxygens (including phenoxy) is 1. The number of nitrogens with zero attached hydrogens (tertiary/aromatic N) is 1. The highest BCUT2D eigenvalue weighted by molar-refractivity contribution is 5.99. The summed E-state index contributed by atoms with van der Waals surface area (Å²) in [5, 5.41) is 0. The number of rotatable bonds is 5. The van der Waals surface area contributed by atoms with Crippen molar-refractivity contribution in [2.24, 2.45) is 0 Å². The lowest BCUT2D eigenvalue weighted by molar-refractivity contribution is 0.436. The zero-order chi connectivity index (χ0) is 40.7. The smallest absolute Gasteiger partial charge is 0.132 e. The fourth-order valence-corrected chi connectivity index (χ4v) is 10.9. The molecule has 1 aliphatic heterocycles. The van der Waals surface area contributed by atoms with E-state index in [-0.39, 0.29) is 5.41 Å². The molecule has 0 atom stereocenters. The minimum Gasteiger partial charge on any atom is -0.457 e. The lowest BCUT2D eigenvalue weighted by Gasteiger charge is -2.41. The molecule has 61 heavy (non-hydrogen) atoms. The molecule has 12 rings (SSSR count). The minimum atomic E-state index is -0.658. The van der Waals surface area contributed by atoms with Crippen molar-refractivity contribution in [1.82, 2.24) is 0 Å². The SMILES string of the molecule is CC1(C)C2=C(C=CC=CC2)c2ccc(N(c3ccc(-c4ccccc4)cc3-c3ccccc3)c3cccc4c3C3(c5ccccc5Oc5ccccc53)c3ccccc3-4)cc21. The first-order chi connectivity index (χ1) is 30.0. The van der Waals surface area contributed by atoms with E-state index >= 15 is 0 Å². The molecule has 0 radical (unpaired) electrons. The molecule has 3 aliphatic carbocycles.